The molecule has 0 aliphatic carbocycles. The number of amides is 1. The van der Waals surface area contributed by atoms with Crippen molar-refractivity contribution in [3.63, 3.8) is 0 Å². The Labute approximate surface area is 167 Å². The van der Waals surface area contributed by atoms with Gasteiger partial charge in [-0.1, -0.05) is 48.5 Å². The van der Waals surface area contributed by atoms with Crippen molar-refractivity contribution in [2.24, 2.45) is 0 Å². The van der Waals surface area contributed by atoms with Gasteiger partial charge in [0.2, 0.25) is 5.91 Å². The molecule has 1 aliphatic heterocycles. The first-order valence-electron chi connectivity index (χ1n) is 9.09. The molecule has 1 heterocycles. The maximum Gasteiger partial charge on any atom is 0.227 e. The Kier molecular flexibility index (Phi) is 7.66. The largest absolute Gasteiger partial charge is 0.398 e. The van der Waals surface area contributed by atoms with Crippen molar-refractivity contribution in [3.8, 4) is 0 Å². The Morgan fingerprint density at radius 3 is 2.52 bits per heavy atom. The van der Waals surface area contributed by atoms with E-state index in [2.05, 4.69) is 17.0 Å². The molecule has 3 rings (SSSR count). The first-order chi connectivity index (χ1) is 12.5. The summed E-state index contributed by atoms with van der Waals surface area (Å²) >= 11 is 0. The lowest BCUT2D eigenvalue weighted by Gasteiger charge is -2.32. The molecule has 146 valence electrons. The number of nitrogen functional groups attached to an aromatic ring is 1. The van der Waals surface area contributed by atoms with Crippen LogP contribution in [0.15, 0.2) is 54.6 Å². The highest BCUT2D eigenvalue weighted by Gasteiger charge is 2.28. The van der Waals surface area contributed by atoms with Crippen LogP contribution in [0.4, 0.5) is 5.69 Å². The molecule has 0 spiro atoms. The summed E-state index contributed by atoms with van der Waals surface area (Å²) in [7, 11) is 1.85. The quantitative estimate of drug-likeness (QED) is 0.745. The Bertz CT molecular complexity index is 741. The third kappa shape index (κ3) is 5.45. The van der Waals surface area contributed by atoms with E-state index in [-0.39, 0.29) is 36.9 Å². The van der Waals surface area contributed by atoms with Gasteiger partial charge in [-0.2, -0.15) is 0 Å². The zero-order valence-corrected chi connectivity index (χ0v) is 16.4. The van der Waals surface area contributed by atoms with Crippen LogP contribution in [0.2, 0.25) is 0 Å². The number of anilines is 1. The van der Waals surface area contributed by atoms with Gasteiger partial charge in [0.15, 0.2) is 0 Å². The van der Waals surface area contributed by atoms with Crippen LogP contribution in [0.1, 0.15) is 23.6 Å². The topological polar surface area (TPSA) is 69.8 Å². The Morgan fingerprint density at radius 2 is 1.89 bits per heavy atom. The lowest BCUT2D eigenvalue weighted by molar-refractivity contribution is -0.131. The van der Waals surface area contributed by atoms with Gasteiger partial charge in [-0.25, -0.2) is 0 Å². The van der Waals surface area contributed by atoms with Crippen molar-refractivity contribution in [3.05, 3.63) is 65.7 Å². The Hall–Kier alpha value is -2.08. The second kappa shape index (κ2) is 9.74. The van der Waals surface area contributed by atoms with Crippen LogP contribution in [0.25, 0.3) is 0 Å². The highest BCUT2D eigenvalue weighted by atomic mass is 35.5. The summed E-state index contributed by atoms with van der Waals surface area (Å²) in [4.78, 5) is 17.0. The van der Waals surface area contributed by atoms with Gasteiger partial charge in [0.25, 0.3) is 0 Å². The van der Waals surface area contributed by atoms with Crippen LogP contribution in [0.5, 0.6) is 0 Å². The lowest BCUT2D eigenvalue weighted by atomic mass is 10.0. The van der Waals surface area contributed by atoms with E-state index in [1.165, 1.54) is 0 Å². The number of aliphatic hydroxyl groups excluding tert-OH is 1. The SMILES string of the molecule is CN(C(=O)Cc1ccccc1N)[C@@H](CN1CC[C@H](O)C1)c1ccccc1.Cl. The second-order valence-corrected chi connectivity index (χ2v) is 7.01. The number of hydrogen-bond donors (Lipinski definition) is 2. The summed E-state index contributed by atoms with van der Waals surface area (Å²) in [5.41, 5.74) is 8.60. The zero-order chi connectivity index (χ0) is 18.5. The van der Waals surface area contributed by atoms with Crippen LogP contribution < -0.4 is 5.73 Å². The molecule has 2 atom stereocenters. The fourth-order valence-corrected chi connectivity index (χ4v) is 3.51. The van der Waals surface area contributed by atoms with Gasteiger partial charge in [0.1, 0.15) is 0 Å². The van der Waals surface area contributed by atoms with Crippen molar-refractivity contribution in [1.29, 1.82) is 0 Å². The molecule has 0 aromatic heterocycles. The van der Waals surface area contributed by atoms with E-state index in [1.54, 1.807) is 0 Å². The van der Waals surface area contributed by atoms with Crippen LogP contribution in [0, 0.1) is 0 Å². The molecule has 1 amide bonds. The van der Waals surface area contributed by atoms with Crippen LogP contribution >= 0.6 is 12.4 Å². The Balaban J connectivity index is 0.00000261. The number of nitrogens with two attached hydrogens (primary N) is 1. The molecule has 2 aromatic carbocycles. The lowest BCUT2D eigenvalue weighted by Crippen LogP contribution is -2.39. The molecule has 1 aliphatic rings. The number of β-amino-alcohol motifs (C(OH)–C–C–N with tert-alkyl or cyclic N) is 1. The molecule has 5 nitrogen and oxygen atoms in total. The minimum Gasteiger partial charge on any atom is -0.398 e. The highest BCUT2D eigenvalue weighted by Crippen LogP contribution is 2.24. The van der Waals surface area contributed by atoms with E-state index in [4.69, 9.17) is 5.73 Å². The van der Waals surface area contributed by atoms with Gasteiger partial charge in [0, 0.05) is 32.4 Å². The second-order valence-electron chi connectivity index (χ2n) is 7.01. The molecular weight excluding hydrogens is 362 g/mol. The van der Waals surface area contributed by atoms with Gasteiger partial charge in [-0.05, 0) is 23.6 Å². The average Bonchev–Trinajstić information content (AvgIpc) is 3.06. The number of likely N-dealkylation sites (N-methyl/N-ethyl adjacent to an activating group) is 1. The standard InChI is InChI=1S/C21H27N3O2.ClH/c1-23(21(26)13-17-9-5-6-10-19(17)22)20(16-7-3-2-4-8-16)15-24-12-11-18(25)14-24;/h2-10,18,20,25H,11-15,22H2,1H3;1H/t18-,20-;/m0./s1. The number of likely N-dealkylation sites (tertiary alicyclic amines) is 1. The predicted octanol–water partition coefficient (Wildman–Crippen LogP) is 2.50. The van der Waals surface area contributed by atoms with E-state index >= 15 is 0 Å². The van der Waals surface area contributed by atoms with Gasteiger partial charge in [-0.3, -0.25) is 9.69 Å². The molecule has 0 radical (unpaired) electrons. The maximum atomic E-state index is 12.9. The molecule has 3 N–H and O–H groups in total. The smallest absolute Gasteiger partial charge is 0.227 e. The van der Waals surface area contributed by atoms with E-state index < -0.39 is 0 Å². The third-order valence-electron chi connectivity index (χ3n) is 5.12. The molecule has 0 saturated carbocycles. The van der Waals surface area contributed by atoms with Gasteiger partial charge in [0.05, 0.1) is 18.6 Å². The number of nitrogens with zero attached hydrogens (tertiary/aromatic N) is 2. The molecule has 1 saturated heterocycles. The van der Waals surface area contributed by atoms with Gasteiger partial charge < -0.3 is 15.7 Å². The molecule has 0 bridgehead atoms. The number of hydrogen-bond acceptors (Lipinski definition) is 4. The molecular formula is C21H28ClN3O2. The minimum absolute atomic E-state index is 0. The molecule has 1 fully saturated rings. The van der Waals surface area contributed by atoms with Crippen LogP contribution in [-0.4, -0.2) is 53.6 Å². The normalized spacial score (nSPS) is 17.9. The Morgan fingerprint density at radius 1 is 1.22 bits per heavy atom. The molecule has 2 aromatic rings. The van der Waals surface area contributed by atoms with E-state index in [0.29, 0.717) is 18.8 Å². The summed E-state index contributed by atoms with van der Waals surface area (Å²) < 4.78 is 0. The number of aliphatic hydroxyl groups is 1. The van der Waals surface area contributed by atoms with E-state index in [9.17, 15) is 9.90 Å². The third-order valence-corrected chi connectivity index (χ3v) is 5.12. The van der Waals surface area contributed by atoms with Gasteiger partial charge in [-0.15, -0.1) is 12.4 Å². The van der Waals surface area contributed by atoms with Crippen LogP contribution in [0.3, 0.4) is 0 Å². The summed E-state index contributed by atoms with van der Waals surface area (Å²) in [6.07, 6.45) is 0.811. The minimum atomic E-state index is -0.267. The first kappa shape index (κ1) is 21.2. The van der Waals surface area contributed by atoms with Crippen molar-refractivity contribution < 1.29 is 9.90 Å². The fraction of sp³-hybridized carbons (Fsp3) is 0.381. The zero-order valence-electron chi connectivity index (χ0n) is 15.6. The van der Waals surface area contributed by atoms with E-state index in [0.717, 1.165) is 24.1 Å². The van der Waals surface area contributed by atoms with E-state index in [1.807, 2.05) is 54.4 Å². The predicted molar refractivity (Wildman–Crippen MR) is 111 cm³/mol. The summed E-state index contributed by atoms with van der Waals surface area (Å²) in [5.74, 6) is 0.0384. The number of carbonyl (C=O) groups is 1. The number of para-hydroxylation sites is 1. The number of rotatable bonds is 6. The number of carbonyl (C=O) groups excluding carboxylic acids is 1. The molecule has 0 unspecified atom stereocenters. The monoisotopic (exact) mass is 389 g/mol. The maximum absolute atomic E-state index is 12.9. The summed E-state index contributed by atoms with van der Waals surface area (Å²) in [5, 5.41) is 9.82. The highest BCUT2D eigenvalue weighted by molar-refractivity contribution is 5.85. The van der Waals surface area contributed by atoms with Crippen LogP contribution in [-0.2, 0) is 11.2 Å². The van der Waals surface area contributed by atoms with Gasteiger partial charge >= 0.3 is 0 Å². The van der Waals surface area contributed by atoms with Crippen molar-refractivity contribution in [2.75, 3.05) is 32.4 Å². The summed E-state index contributed by atoms with van der Waals surface area (Å²) in [6.45, 7) is 2.24. The van der Waals surface area contributed by atoms with Crippen molar-refractivity contribution in [2.45, 2.75) is 25.0 Å². The molecule has 27 heavy (non-hydrogen) atoms. The van der Waals surface area contributed by atoms with Crippen molar-refractivity contribution in [1.82, 2.24) is 9.80 Å². The number of halogens is 1. The van der Waals surface area contributed by atoms with Crippen molar-refractivity contribution >= 4 is 24.0 Å². The first-order valence-corrected chi connectivity index (χ1v) is 9.09. The molecule has 6 heteroatoms. The average molecular weight is 390 g/mol. The summed E-state index contributed by atoms with van der Waals surface area (Å²) in [6, 6.07) is 17.5. The number of benzene rings is 2. The fourth-order valence-electron chi connectivity index (χ4n) is 3.51.